The normalized spacial score (nSPS) is 11.1. The molecule has 2 aromatic rings. The Morgan fingerprint density at radius 1 is 1.04 bits per heavy atom. The van der Waals surface area contributed by atoms with Gasteiger partial charge in [-0.1, -0.05) is 50.2 Å². The first kappa shape index (κ1) is 19.7. The molecule has 0 aliphatic carbocycles. The average molecular weight is 354 g/mol. The Kier molecular flexibility index (Phi) is 6.52. The van der Waals surface area contributed by atoms with Crippen molar-refractivity contribution in [1.82, 2.24) is 5.32 Å². The maximum Gasteiger partial charge on any atom is 0.313 e. The van der Waals surface area contributed by atoms with Crippen LogP contribution in [0.15, 0.2) is 48.5 Å². The van der Waals surface area contributed by atoms with Gasteiger partial charge in [0.05, 0.1) is 6.61 Å². The highest BCUT2D eigenvalue weighted by molar-refractivity contribution is 6.39. The van der Waals surface area contributed by atoms with Crippen LogP contribution in [0.1, 0.15) is 30.5 Å². The number of nitrogens with one attached hydrogen (secondary N) is 2. The number of benzene rings is 2. The van der Waals surface area contributed by atoms with Gasteiger partial charge in [-0.15, -0.1) is 0 Å². The van der Waals surface area contributed by atoms with Crippen LogP contribution in [0.2, 0.25) is 0 Å². The van der Waals surface area contributed by atoms with Gasteiger partial charge in [0.15, 0.2) is 0 Å². The standard InChI is InChI=1S/C21H26N2O3/c1-15-8-5-6-11-18(15)21(2,3)14-22-19(24)20(25)23-17-10-7-9-16(12-17)13-26-4/h5-12H,13-14H2,1-4H3,(H,22,24)(H,23,25). The lowest BCUT2D eigenvalue weighted by atomic mass is 9.82. The van der Waals surface area contributed by atoms with Crippen molar-refractivity contribution in [1.29, 1.82) is 0 Å². The molecule has 0 saturated heterocycles. The first-order valence-corrected chi connectivity index (χ1v) is 8.56. The van der Waals surface area contributed by atoms with Crippen molar-refractivity contribution in [3.8, 4) is 0 Å². The number of amides is 2. The molecule has 26 heavy (non-hydrogen) atoms. The Bertz CT molecular complexity index is 784. The summed E-state index contributed by atoms with van der Waals surface area (Å²) >= 11 is 0. The van der Waals surface area contributed by atoms with E-state index in [1.807, 2.05) is 57.2 Å². The van der Waals surface area contributed by atoms with Crippen molar-refractivity contribution in [3.05, 3.63) is 65.2 Å². The molecular formula is C21H26N2O3. The third-order valence-corrected chi connectivity index (χ3v) is 4.27. The van der Waals surface area contributed by atoms with E-state index in [0.29, 0.717) is 18.8 Å². The molecular weight excluding hydrogens is 328 g/mol. The first-order valence-electron chi connectivity index (χ1n) is 8.56. The first-order chi connectivity index (χ1) is 12.3. The molecule has 0 unspecified atom stereocenters. The molecule has 0 fully saturated rings. The molecule has 0 spiro atoms. The Morgan fingerprint density at radius 3 is 2.46 bits per heavy atom. The van der Waals surface area contributed by atoms with Crippen molar-refractivity contribution in [2.45, 2.75) is 32.8 Å². The predicted molar refractivity (Wildman–Crippen MR) is 103 cm³/mol. The van der Waals surface area contributed by atoms with Crippen molar-refractivity contribution in [3.63, 3.8) is 0 Å². The number of ether oxygens (including phenoxy) is 1. The average Bonchev–Trinajstić information content (AvgIpc) is 2.60. The van der Waals surface area contributed by atoms with Crippen LogP contribution in [0.3, 0.4) is 0 Å². The van der Waals surface area contributed by atoms with E-state index in [1.165, 1.54) is 0 Å². The fraction of sp³-hybridized carbons (Fsp3) is 0.333. The van der Waals surface area contributed by atoms with Crippen LogP contribution in [0.25, 0.3) is 0 Å². The Labute approximate surface area is 154 Å². The molecule has 0 aliphatic heterocycles. The fourth-order valence-electron chi connectivity index (χ4n) is 2.90. The lowest BCUT2D eigenvalue weighted by Gasteiger charge is -2.27. The summed E-state index contributed by atoms with van der Waals surface area (Å²) in [5, 5.41) is 5.35. The second-order valence-electron chi connectivity index (χ2n) is 6.97. The molecule has 0 saturated carbocycles. The molecule has 2 amide bonds. The molecule has 2 N–H and O–H groups in total. The summed E-state index contributed by atoms with van der Waals surface area (Å²) in [6.07, 6.45) is 0. The summed E-state index contributed by atoms with van der Waals surface area (Å²) in [4.78, 5) is 24.3. The topological polar surface area (TPSA) is 67.4 Å². The lowest BCUT2D eigenvalue weighted by Crippen LogP contribution is -2.42. The van der Waals surface area contributed by atoms with E-state index in [0.717, 1.165) is 16.7 Å². The maximum atomic E-state index is 12.2. The van der Waals surface area contributed by atoms with Gasteiger partial charge in [0.1, 0.15) is 0 Å². The molecule has 0 aromatic heterocycles. The van der Waals surface area contributed by atoms with Gasteiger partial charge in [-0.3, -0.25) is 9.59 Å². The van der Waals surface area contributed by atoms with E-state index >= 15 is 0 Å². The van der Waals surface area contributed by atoms with Gasteiger partial charge in [-0.2, -0.15) is 0 Å². The van der Waals surface area contributed by atoms with Crippen LogP contribution in [-0.2, 0) is 26.3 Å². The number of anilines is 1. The van der Waals surface area contributed by atoms with E-state index in [-0.39, 0.29) is 5.41 Å². The van der Waals surface area contributed by atoms with Gasteiger partial charge in [-0.25, -0.2) is 0 Å². The lowest BCUT2D eigenvalue weighted by molar-refractivity contribution is -0.136. The fourth-order valence-corrected chi connectivity index (χ4v) is 2.90. The Hall–Kier alpha value is -2.66. The number of rotatable bonds is 6. The molecule has 0 bridgehead atoms. The monoisotopic (exact) mass is 354 g/mol. The van der Waals surface area contributed by atoms with E-state index in [4.69, 9.17) is 4.74 Å². The number of carbonyl (C=O) groups is 2. The third kappa shape index (κ3) is 5.17. The minimum absolute atomic E-state index is 0.278. The molecule has 5 heteroatoms. The van der Waals surface area contributed by atoms with Gasteiger partial charge in [-0.05, 0) is 35.7 Å². The summed E-state index contributed by atoms with van der Waals surface area (Å²) in [5.41, 5.74) is 3.52. The van der Waals surface area contributed by atoms with Crippen LogP contribution in [-0.4, -0.2) is 25.5 Å². The second-order valence-corrected chi connectivity index (χ2v) is 6.97. The summed E-state index contributed by atoms with van der Waals surface area (Å²) in [5.74, 6) is -1.33. The summed E-state index contributed by atoms with van der Waals surface area (Å²) in [7, 11) is 1.61. The highest BCUT2D eigenvalue weighted by Crippen LogP contribution is 2.25. The number of carbonyl (C=O) groups excluding carboxylic acids is 2. The highest BCUT2D eigenvalue weighted by Gasteiger charge is 2.24. The van der Waals surface area contributed by atoms with Crippen LogP contribution < -0.4 is 10.6 Å². The molecule has 0 atom stereocenters. The minimum atomic E-state index is -0.680. The van der Waals surface area contributed by atoms with E-state index < -0.39 is 11.8 Å². The molecule has 138 valence electrons. The molecule has 0 heterocycles. The smallest absolute Gasteiger partial charge is 0.313 e. The largest absolute Gasteiger partial charge is 0.380 e. The van der Waals surface area contributed by atoms with Gasteiger partial charge in [0.25, 0.3) is 0 Å². The van der Waals surface area contributed by atoms with Gasteiger partial charge >= 0.3 is 11.8 Å². The Morgan fingerprint density at radius 2 is 1.77 bits per heavy atom. The van der Waals surface area contributed by atoms with Gasteiger partial charge < -0.3 is 15.4 Å². The molecule has 5 nitrogen and oxygen atoms in total. The van der Waals surface area contributed by atoms with Crippen molar-refractivity contribution in [2.24, 2.45) is 0 Å². The minimum Gasteiger partial charge on any atom is -0.380 e. The van der Waals surface area contributed by atoms with Crippen molar-refractivity contribution in [2.75, 3.05) is 19.0 Å². The van der Waals surface area contributed by atoms with Crippen molar-refractivity contribution >= 4 is 17.5 Å². The summed E-state index contributed by atoms with van der Waals surface area (Å²) < 4.78 is 5.07. The zero-order chi connectivity index (χ0) is 19.2. The van der Waals surface area contributed by atoms with E-state index in [1.54, 1.807) is 19.2 Å². The molecule has 2 aromatic carbocycles. The number of aryl methyl sites for hydroxylation is 1. The van der Waals surface area contributed by atoms with E-state index in [9.17, 15) is 9.59 Å². The number of hydrogen-bond acceptors (Lipinski definition) is 3. The zero-order valence-corrected chi connectivity index (χ0v) is 15.8. The second kappa shape index (κ2) is 8.63. The molecule has 0 radical (unpaired) electrons. The van der Waals surface area contributed by atoms with Crippen LogP contribution in [0.5, 0.6) is 0 Å². The highest BCUT2D eigenvalue weighted by atomic mass is 16.5. The van der Waals surface area contributed by atoms with Gasteiger partial charge in [0, 0.05) is 24.8 Å². The van der Waals surface area contributed by atoms with E-state index in [2.05, 4.69) is 10.6 Å². The molecule has 0 aliphatic rings. The number of hydrogen-bond donors (Lipinski definition) is 2. The maximum absolute atomic E-state index is 12.2. The third-order valence-electron chi connectivity index (χ3n) is 4.27. The quantitative estimate of drug-likeness (QED) is 0.783. The number of methoxy groups -OCH3 is 1. The summed E-state index contributed by atoms with van der Waals surface area (Å²) in [6.45, 7) is 6.94. The molecule has 2 rings (SSSR count). The van der Waals surface area contributed by atoms with Crippen LogP contribution in [0, 0.1) is 6.92 Å². The van der Waals surface area contributed by atoms with Gasteiger partial charge in [0.2, 0.25) is 0 Å². The van der Waals surface area contributed by atoms with Crippen LogP contribution in [0.4, 0.5) is 5.69 Å². The van der Waals surface area contributed by atoms with Crippen LogP contribution >= 0.6 is 0 Å². The Balaban J connectivity index is 1.96. The SMILES string of the molecule is COCc1cccc(NC(=O)C(=O)NCC(C)(C)c2ccccc2C)c1. The predicted octanol–water partition coefficient (Wildman–Crippen LogP) is 3.17. The summed E-state index contributed by atoms with van der Waals surface area (Å²) in [6, 6.07) is 15.3. The zero-order valence-electron chi connectivity index (χ0n) is 15.8. The van der Waals surface area contributed by atoms with Crippen molar-refractivity contribution < 1.29 is 14.3 Å².